The number of carboxylic acid groups (broad SMARTS) is 1. The molecule has 84 valence electrons. The van der Waals surface area contributed by atoms with E-state index in [0.717, 1.165) is 5.69 Å². The summed E-state index contributed by atoms with van der Waals surface area (Å²) in [4.78, 5) is 17.9. The van der Waals surface area contributed by atoms with E-state index in [1.165, 1.54) is 4.88 Å². The second-order valence-corrected chi connectivity index (χ2v) is 4.49. The van der Waals surface area contributed by atoms with Crippen LogP contribution >= 0.6 is 11.3 Å². The highest BCUT2D eigenvalue weighted by Crippen LogP contribution is 2.25. The number of hydrogen-bond donors (Lipinski definition) is 1. The number of aliphatic carboxylic acids is 1. The Morgan fingerprint density at radius 1 is 1.73 bits per heavy atom. The molecule has 1 unspecified atom stereocenters. The van der Waals surface area contributed by atoms with E-state index >= 15 is 0 Å². The third-order valence-corrected chi connectivity index (χ3v) is 3.60. The number of hydrogen-bond acceptors (Lipinski definition) is 4. The minimum absolute atomic E-state index is 0.179. The Morgan fingerprint density at radius 3 is 2.87 bits per heavy atom. The highest BCUT2D eigenvalue weighted by Gasteiger charge is 2.16. The van der Waals surface area contributed by atoms with Gasteiger partial charge in [0.05, 0.1) is 17.6 Å². The first kappa shape index (κ1) is 12.1. The molecule has 0 fully saturated rings. The molecule has 0 aliphatic carbocycles. The summed E-state index contributed by atoms with van der Waals surface area (Å²) in [5.41, 5.74) is 2.86. The second-order valence-electron chi connectivity index (χ2n) is 3.60. The van der Waals surface area contributed by atoms with Crippen molar-refractivity contribution in [3.63, 3.8) is 0 Å². The summed E-state index contributed by atoms with van der Waals surface area (Å²) in [6.07, 6.45) is 0.179. The van der Waals surface area contributed by atoms with E-state index in [0.29, 0.717) is 6.54 Å². The fourth-order valence-corrected chi connectivity index (χ4v) is 2.30. The molecule has 0 bridgehead atoms. The Kier molecular flexibility index (Phi) is 4.23. The number of aryl methyl sites for hydroxylation is 1. The van der Waals surface area contributed by atoms with Gasteiger partial charge in [0, 0.05) is 17.5 Å². The van der Waals surface area contributed by atoms with E-state index in [4.69, 9.17) is 5.11 Å². The van der Waals surface area contributed by atoms with E-state index in [-0.39, 0.29) is 12.5 Å². The molecule has 0 saturated heterocycles. The first-order valence-corrected chi connectivity index (χ1v) is 5.72. The lowest BCUT2D eigenvalue weighted by Crippen LogP contribution is -2.25. The number of rotatable bonds is 5. The number of carbonyl (C=O) groups is 1. The molecule has 1 aromatic heterocycles. The maximum atomic E-state index is 10.4. The fraction of sp³-hybridized carbons (Fsp3) is 0.600. The van der Waals surface area contributed by atoms with Crippen molar-refractivity contribution in [3.05, 3.63) is 16.1 Å². The van der Waals surface area contributed by atoms with Crippen molar-refractivity contribution in [2.24, 2.45) is 0 Å². The van der Waals surface area contributed by atoms with Crippen LogP contribution in [0.2, 0.25) is 0 Å². The maximum Gasteiger partial charge on any atom is 0.304 e. The van der Waals surface area contributed by atoms with E-state index in [2.05, 4.69) is 11.9 Å². The lowest BCUT2D eigenvalue weighted by Gasteiger charge is -2.23. The number of nitrogens with zero attached hydrogens (tertiary/aromatic N) is 2. The van der Waals surface area contributed by atoms with Crippen LogP contribution in [0.5, 0.6) is 0 Å². The molecule has 5 heteroatoms. The van der Waals surface area contributed by atoms with Crippen molar-refractivity contribution in [3.8, 4) is 0 Å². The third-order valence-electron chi connectivity index (χ3n) is 2.50. The zero-order valence-electron chi connectivity index (χ0n) is 9.23. The Balaban J connectivity index is 2.57. The largest absolute Gasteiger partial charge is 0.481 e. The zero-order valence-corrected chi connectivity index (χ0v) is 10.0. The number of carboxylic acids is 1. The molecular formula is C10H16N2O2S. The van der Waals surface area contributed by atoms with Gasteiger partial charge in [-0.25, -0.2) is 4.98 Å². The topological polar surface area (TPSA) is 53.4 Å². The second kappa shape index (κ2) is 5.23. The van der Waals surface area contributed by atoms with Crippen LogP contribution in [0.1, 0.15) is 30.0 Å². The van der Waals surface area contributed by atoms with E-state index in [1.54, 1.807) is 11.3 Å². The highest BCUT2D eigenvalue weighted by molar-refractivity contribution is 7.09. The lowest BCUT2D eigenvalue weighted by atomic mass is 10.2. The Hall–Kier alpha value is -0.940. The van der Waals surface area contributed by atoms with E-state index in [9.17, 15) is 4.79 Å². The summed E-state index contributed by atoms with van der Waals surface area (Å²) in [5.74, 6) is -0.755. The van der Waals surface area contributed by atoms with Crippen LogP contribution in [-0.2, 0) is 4.79 Å². The molecule has 0 aliphatic rings. The average Bonchev–Trinajstić information content (AvgIpc) is 2.59. The Labute approximate surface area is 93.6 Å². The Morgan fingerprint density at radius 2 is 2.40 bits per heavy atom. The molecule has 0 aromatic carbocycles. The van der Waals surface area contributed by atoms with Gasteiger partial charge in [0.15, 0.2) is 0 Å². The summed E-state index contributed by atoms with van der Waals surface area (Å²) in [5, 5.41) is 8.59. The van der Waals surface area contributed by atoms with Crippen LogP contribution in [-0.4, -0.2) is 34.6 Å². The summed E-state index contributed by atoms with van der Waals surface area (Å²) >= 11 is 1.62. The van der Waals surface area contributed by atoms with Crippen molar-refractivity contribution < 1.29 is 9.90 Å². The fourth-order valence-electron chi connectivity index (χ4n) is 1.38. The van der Waals surface area contributed by atoms with Gasteiger partial charge >= 0.3 is 5.97 Å². The average molecular weight is 228 g/mol. The van der Waals surface area contributed by atoms with E-state index in [1.807, 2.05) is 24.4 Å². The molecule has 0 radical (unpaired) electrons. The standard InChI is InChI=1S/C10H16N2O2S/c1-7-10(15-6-11-7)8(2)12(3)5-4-9(13)14/h6,8H,4-5H2,1-3H3,(H,13,14). The first-order valence-electron chi connectivity index (χ1n) is 4.84. The highest BCUT2D eigenvalue weighted by atomic mass is 32.1. The lowest BCUT2D eigenvalue weighted by molar-refractivity contribution is -0.137. The van der Waals surface area contributed by atoms with Gasteiger partial charge in [-0.15, -0.1) is 11.3 Å². The molecule has 1 rings (SSSR count). The molecule has 0 amide bonds. The van der Waals surface area contributed by atoms with Crippen LogP contribution in [0.3, 0.4) is 0 Å². The van der Waals surface area contributed by atoms with Crippen molar-refractivity contribution in [1.29, 1.82) is 0 Å². The van der Waals surface area contributed by atoms with Crippen molar-refractivity contribution in [1.82, 2.24) is 9.88 Å². The van der Waals surface area contributed by atoms with Gasteiger partial charge < -0.3 is 5.11 Å². The molecule has 1 aromatic rings. The summed E-state index contributed by atoms with van der Waals surface area (Å²) in [7, 11) is 1.94. The van der Waals surface area contributed by atoms with Gasteiger partial charge in [0.2, 0.25) is 0 Å². The van der Waals surface area contributed by atoms with Crippen LogP contribution in [0, 0.1) is 6.92 Å². The minimum Gasteiger partial charge on any atom is -0.481 e. The number of thiazole rings is 1. The molecule has 15 heavy (non-hydrogen) atoms. The third kappa shape index (κ3) is 3.28. The monoisotopic (exact) mass is 228 g/mol. The van der Waals surface area contributed by atoms with Gasteiger partial charge in [-0.1, -0.05) is 0 Å². The molecule has 0 saturated carbocycles. The van der Waals surface area contributed by atoms with Crippen molar-refractivity contribution in [2.75, 3.05) is 13.6 Å². The molecule has 4 nitrogen and oxygen atoms in total. The molecule has 1 N–H and O–H groups in total. The normalized spacial score (nSPS) is 13.1. The van der Waals surface area contributed by atoms with Gasteiger partial charge in [0.25, 0.3) is 0 Å². The summed E-state index contributed by atoms with van der Waals surface area (Å²) < 4.78 is 0. The first-order chi connectivity index (χ1) is 7.02. The molecule has 1 heterocycles. The predicted molar refractivity (Wildman–Crippen MR) is 60.1 cm³/mol. The molecule has 0 aliphatic heterocycles. The molecule has 1 atom stereocenters. The summed E-state index contributed by atoms with van der Waals surface area (Å²) in [6, 6.07) is 0.233. The van der Waals surface area contributed by atoms with Gasteiger partial charge in [0.1, 0.15) is 0 Å². The summed E-state index contributed by atoms with van der Waals surface area (Å²) in [6.45, 7) is 4.61. The van der Waals surface area contributed by atoms with Gasteiger partial charge in [-0.05, 0) is 20.9 Å². The van der Waals surface area contributed by atoms with Gasteiger partial charge in [-0.3, -0.25) is 9.69 Å². The number of aromatic nitrogens is 1. The van der Waals surface area contributed by atoms with Crippen LogP contribution in [0.4, 0.5) is 0 Å². The quantitative estimate of drug-likeness (QED) is 0.836. The minimum atomic E-state index is -0.755. The van der Waals surface area contributed by atoms with Crippen molar-refractivity contribution in [2.45, 2.75) is 26.3 Å². The van der Waals surface area contributed by atoms with Gasteiger partial charge in [-0.2, -0.15) is 0 Å². The van der Waals surface area contributed by atoms with E-state index < -0.39 is 5.97 Å². The van der Waals surface area contributed by atoms with Crippen LogP contribution in [0.15, 0.2) is 5.51 Å². The van der Waals surface area contributed by atoms with Crippen LogP contribution in [0.25, 0.3) is 0 Å². The zero-order chi connectivity index (χ0) is 11.4. The van der Waals surface area contributed by atoms with Crippen LogP contribution < -0.4 is 0 Å². The Bertz CT molecular complexity index is 338. The molecular weight excluding hydrogens is 212 g/mol. The smallest absolute Gasteiger partial charge is 0.304 e. The maximum absolute atomic E-state index is 10.4. The van der Waals surface area contributed by atoms with Crippen molar-refractivity contribution >= 4 is 17.3 Å². The predicted octanol–water partition coefficient (Wildman–Crippen LogP) is 1.92. The SMILES string of the molecule is Cc1ncsc1C(C)N(C)CCC(=O)O. The molecule has 0 spiro atoms.